The average molecular weight is 373 g/mol. The quantitative estimate of drug-likeness (QED) is 0.815. The molecule has 0 aromatic heterocycles. The van der Waals surface area contributed by atoms with Crippen LogP contribution in [0.3, 0.4) is 0 Å². The van der Waals surface area contributed by atoms with Crippen LogP contribution < -0.4 is 4.74 Å². The van der Waals surface area contributed by atoms with Crippen molar-refractivity contribution >= 4 is 22.1 Å². The number of carbonyl (C=O) groups is 1. The van der Waals surface area contributed by atoms with Crippen molar-refractivity contribution < 1.29 is 23.1 Å². The van der Waals surface area contributed by atoms with Gasteiger partial charge in [-0.3, -0.25) is 0 Å². The molecule has 0 spiro atoms. The maximum absolute atomic E-state index is 13.2. The summed E-state index contributed by atoms with van der Waals surface area (Å²) in [5, 5.41) is 8.76. The number of hydrogen-bond donors (Lipinski definition) is 1. The van der Waals surface area contributed by atoms with Crippen LogP contribution in [0.1, 0.15) is 16.7 Å². The first-order valence-corrected chi connectivity index (χ1v) is 9.52. The minimum absolute atomic E-state index is 0.0342. The van der Waals surface area contributed by atoms with E-state index in [2.05, 4.69) is 0 Å². The molecule has 1 aliphatic heterocycles. The molecule has 0 saturated carbocycles. The van der Waals surface area contributed by atoms with Crippen LogP contribution in [-0.2, 0) is 27.8 Å². The van der Waals surface area contributed by atoms with Gasteiger partial charge in [-0.2, -0.15) is 4.31 Å². The van der Waals surface area contributed by atoms with Crippen LogP contribution in [0.25, 0.3) is 6.08 Å². The van der Waals surface area contributed by atoms with Crippen LogP contribution in [0.4, 0.5) is 0 Å². The number of carboxylic acid groups (broad SMARTS) is 1. The van der Waals surface area contributed by atoms with Gasteiger partial charge in [-0.05, 0) is 41.3 Å². The van der Waals surface area contributed by atoms with E-state index in [9.17, 15) is 13.2 Å². The molecule has 0 atom stereocenters. The van der Waals surface area contributed by atoms with Gasteiger partial charge >= 0.3 is 5.97 Å². The Morgan fingerprint density at radius 2 is 1.92 bits per heavy atom. The number of benzene rings is 2. The summed E-state index contributed by atoms with van der Waals surface area (Å²) in [7, 11) is -2.37. The highest BCUT2D eigenvalue weighted by Gasteiger charge is 2.30. The second-order valence-corrected chi connectivity index (χ2v) is 7.85. The molecule has 0 radical (unpaired) electrons. The molecular formula is C19H19NO5S. The Balaban J connectivity index is 1.98. The fourth-order valence-corrected chi connectivity index (χ4v) is 4.59. The molecule has 0 bridgehead atoms. The maximum atomic E-state index is 13.2. The summed E-state index contributed by atoms with van der Waals surface area (Å²) in [5.41, 5.74) is 2.62. The van der Waals surface area contributed by atoms with E-state index in [0.717, 1.165) is 17.2 Å². The first-order chi connectivity index (χ1) is 12.4. The molecule has 0 aliphatic carbocycles. The lowest BCUT2D eigenvalue weighted by Crippen LogP contribution is -2.36. The standard InChI is InChI=1S/C19H19NO5S/c1-25-17-8-6-14(7-9-19(21)22)12-18(17)26(23,24)20-11-10-15-4-2-3-5-16(15)13-20/h2-9,12H,10-11,13H2,1H3,(H,21,22). The van der Waals surface area contributed by atoms with Crippen molar-refractivity contribution in [2.24, 2.45) is 0 Å². The monoisotopic (exact) mass is 373 g/mol. The van der Waals surface area contributed by atoms with Crippen molar-refractivity contribution in [3.8, 4) is 5.75 Å². The lowest BCUT2D eigenvalue weighted by atomic mass is 10.0. The Labute approximate surface area is 152 Å². The second-order valence-electron chi connectivity index (χ2n) is 5.94. The smallest absolute Gasteiger partial charge is 0.328 e. The van der Waals surface area contributed by atoms with Crippen molar-refractivity contribution in [3.05, 3.63) is 65.2 Å². The lowest BCUT2D eigenvalue weighted by molar-refractivity contribution is -0.131. The predicted octanol–water partition coefficient (Wildman–Crippen LogP) is 2.54. The van der Waals surface area contributed by atoms with E-state index >= 15 is 0 Å². The number of nitrogens with zero attached hydrogens (tertiary/aromatic N) is 1. The molecule has 2 aromatic rings. The van der Waals surface area contributed by atoms with Gasteiger partial charge in [-0.25, -0.2) is 13.2 Å². The number of methoxy groups -OCH3 is 1. The van der Waals surface area contributed by atoms with Crippen LogP contribution in [-0.4, -0.2) is 37.5 Å². The molecule has 3 rings (SSSR count). The van der Waals surface area contributed by atoms with Gasteiger partial charge in [0.15, 0.2) is 0 Å². The third-order valence-corrected chi connectivity index (χ3v) is 6.19. The summed E-state index contributed by atoms with van der Waals surface area (Å²) < 4.78 is 33.0. The highest BCUT2D eigenvalue weighted by Crippen LogP contribution is 2.31. The van der Waals surface area contributed by atoms with Gasteiger partial charge in [0.25, 0.3) is 0 Å². The van der Waals surface area contributed by atoms with Gasteiger partial charge in [-0.1, -0.05) is 30.3 Å². The molecule has 0 fully saturated rings. The second kappa shape index (κ2) is 7.31. The predicted molar refractivity (Wildman–Crippen MR) is 97.4 cm³/mol. The van der Waals surface area contributed by atoms with E-state index in [-0.39, 0.29) is 10.6 Å². The van der Waals surface area contributed by atoms with Crippen LogP contribution in [0.2, 0.25) is 0 Å². The van der Waals surface area contributed by atoms with E-state index in [0.29, 0.717) is 25.1 Å². The normalized spacial score (nSPS) is 15.0. The number of carboxylic acids is 1. The Morgan fingerprint density at radius 1 is 1.19 bits per heavy atom. The van der Waals surface area contributed by atoms with E-state index in [1.807, 2.05) is 24.3 Å². The van der Waals surface area contributed by atoms with Crippen LogP contribution in [0, 0.1) is 0 Å². The van der Waals surface area contributed by atoms with Gasteiger partial charge in [0.2, 0.25) is 10.0 Å². The molecule has 1 aliphatic rings. The Morgan fingerprint density at radius 3 is 2.62 bits per heavy atom. The molecule has 2 aromatic carbocycles. The molecule has 136 valence electrons. The molecule has 0 saturated heterocycles. The van der Waals surface area contributed by atoms with Gasteiger partial charge in [0.1, 0.15) is 10.6 Å². The van der Waals surface area contributed by atoms with Crippen molar-refractivity contribution in [2.75, 3.05) is 13.7 Å². The number of hydrogen-bond acceptors (Lipinski definition) is 4. The first-order valence-electron chi connectivity index (χ1n) is 8.08. The summed E-state index contributed by atoms with van der Waals surface area (Å²) in [6.07, 6.45) is 2.97. The average Bonchev–Trinajstić information content (AvgIpc) is 2.65. The SMILES string of the molecule is COc1ccc(C=CC(=O)O)cc1S(=O)(=O)N1CCc2ccccc2C1. The zero-order valence-corrected chi connectivity index (χ0v) is 15.1. The van der Waals surface area contributed by atoms with Gasteiger partial charge in [0, 0.05) is 19.2 Å². The van der Waals surface area contributed by atoms with Crippen molar-refractivity contribution in [1.82, 2.24) is 4.31 Å². The van der Waals surface area contributed by atoms with Gasteiger partial charge < -0.3 is 9.84 Å². The van der Waals surface area contributed by atoms with Crippen LogP contribution in [0.5, 0.6) is 5.75 Å². The minimum Gasteiger partial charge on any atom is -0.495 e. The fourth-order valence-electron chi connectivity index (χ4n) is 2.98. The molecule has 7 heteroatoms. The highest BCUT2D eigenvalue weighted by atomic mass is 32.2. The molecule has 1 heterocycles. The van der Waals surface area contributed by atoms with E-state index < -0.39 is 16.0 Å². The Hall–Kier alpha value is -2.64. The molecule has 0 amide bonds. The molecule has 1 N–H and O–H groups in total. The summed E-state index contributed by atoms with van der Waals surface area (Å²) in [5.74, 6) is -0.866. The molecule has 26 heavy (non-hydrogen) atoms. The lowest BCUT2D eigenvalue weighted by Gasteiger charge is -2.28. The third-order valence-electron chi connectivity index (χ3n) is 4.32. The highest BCUT2D eigenvalue weighted by molar-refractivity contribution is 7.89. The number of rotatable bonds is 5. The van der Waals surface area contributed by atoms with E-state index in [4.69, 9.17) is 9.84 Å². The van der Waals surface area contributed by atoms with Gasteiger partial charge in [-0.15, -0.1) is 0 Å². The zero-order chi connectivity index (χ0) is 18.7. The summed E-state index contributed by atoms with van der Waals surface area (Å²) >= 11 is 0. The van der Waals surface area contributed by atoms with E-state index in [1.54, 1.807) is 6.07 Å². The fraction of sp³-hybridized carbons (Fsp3) is 0.211. The summed E-state index contributed by atoms with van der Waals surface area (Å²) in [4.78, 5) is 10.7. The molecule has 0 unspecified atom stereocenters. The zero-order valence-electron chi connectivity index (χ0n) is 14.3. The van der Waals surface area contributed by atoms with Crippen molar-refractivity contribution in [3.63, 3.8) is 0 Å². The first kappa shape index (κ1) is 18.2. The van der Waals surface area contributed by atoms with Crippen LogP contribution >= 0.6 is 0 Å². The topological polar surface area (TPSA) is 83.9 Å². The van der Waals surface area contributed by atoms with Crippen LogP contribution in [0.15, 0.2) is 53.4 Å². The third kappa shape index (κ3) is 3.63. The van der Waals surface area contributed by atoms with Crippen molar-refractivity contribution in [2.45, 2.75) is 17.9 Å². The largest absolute Gasteiger partial charge is 0.495 e. The summed E-state index contributed by atoms with van der Waals surface area (Å²) in [6.45, 7) is 0.689. The number of aliphatic carboxylic acids is 1. The molecule has 6 nitrogen and oxygen atoms in total. The maximum Gasteiger partial charge on any atom is 0.328 e. The van der Waals surface area contributed by atoms with Crippen molar-refractivity contribution in [1.29, 1.82) is 0 Å². The van der Waals surface area contributed by atoms with Gasteiger partial charge in [0.05, 0.1) is 7.11 Å². The van der Waals surface area contributed by atoms with E-state index in [1.165, 1.54) is 29.6 Å². The number of fused-ring (bicyclic) bond motifs is 1. The number of sulfonamides is 1. The minimum atomic E-state index is -3.78. The summed E-state index contributed by atoms with van der Waals surface area (Å²) in [6, 6.07) is 12.4. The molecular weight excluding hydrogens is 354 g/mol. The number of ether oxygens (including phenoxy) is 1. The Bertz CT molecular complexity index is 966. The Kier molecular flexibility index (Phi) is 5.11.